The first-order valence-electron chi connectivity index (χ1n) is 9.98. The van der Waals surface area contributed by atoms with Gasteiger partial charge in [-0.3, -0.25) is 4.98 Å². The van der Waals surface area contributed by atoms with Crippen LogP contribution in [0.4, 0.5) is 5.82 Å². The smallest absolute Gasteiger partial charge is 0.169 e. The lowest BCUT2D eigenvalue weighted by atomic mass is 10.00. The lowest BCUT2D eigenvalue weighted by Gasteiger charge is -2.21. The molecule has 0 atom stereocenters. The van der Waals surface area contributed by atoms with Crippen molar-refractivity contribution in [3.8, 4) is 17.0 Å². The van der Waals surface area contributed by atoms with Crippen molar-refractivity contribution < 1.29 is 9.84 Å². The van der Waals surface area contributed by atoms with Gasteiger partial charge in [0.25, 0.3) is 0 Å². The molecule has 0 saturated heterocycles. The van der Waals surface area contributed by atoms with Gasteiger partial charge in [-0.15, -0.1) is 0 Å². The second-order valence-electron chi connectivity index (χ2n) is 7.05. The summed E-state index contributed by atoms with van der Waals surface area (Å²) in [5.41, 5.74) is 4.46. The van der Waals surface area contributed by atoms with Crippen LogP contribution in [0.25, 0.3) is 11.3 Å². The van der Waals surface area contributed by atoms with Crippen molar-refractivity contribution in [2.75, 3.05) is 12.4 Å². The third-order valence-corrected chi connectivity index (χ3v) is 4.88. The van der Waals surface area contributed by atoms with Gasteiger partial charge in [-0.05, 0) is 48.9 Å². The molecule has 0 bridgehead atoms. The Morgan fingerprint density at radius 2 is 1.81 bits per heavy atom. The third-order valence-electron chi connectivity index (χ3n) is 4.88. The molecule has 0 amide bonds. The summed E-state index contributed by atoms with van der Waals surface area (Å²) < 4.78 is 6.19. The number of pyridine rings is 2. The fourth-order valence-electron chi connectivity index (χ4n) is 3.12. The van der Waals surface area contributed by atoms with Crippen LogP contribution >= 0.6 is 0 Å². The monoisotopic (exact) mass is 371 g/mol. The van der Waals surface area contributed by atoms with Crippen LogP contribution in [-0.2, 0) is 13.0 Å². The zero-order chi connectivity index (χ0) is 20.0. The van der Waals surface area contributed by atoms with Gasteiger partial charge >= 0.3 is 0 Å². The average Bonchev–Trinajstić information content (AvgIpc) is 2.70. The van der Waals surface area contributed by atoms with Crippen molar-refractivity contribution in [2.24, 2.45) is 0 Å². The number of aliphatic hydroxyl groups excluding tert-OH is 1. The van der Waals surface area contributed by atoms with Gasteiger partial charge < -0.3 is 15.2 Å². The minimum absolute atomic E-state index is 0.110. The number of nitrogens with zero attached hydrogens (tertiary/aromatic N) is 2. The van der Waals surface area contributed by atoms with Gasteiger partial charge in [-0.25, -0.2) is 4.98 Å². The molecule has 5 heteroatoms. The molecule has 0 aliphatic heterocycles. The van der Waals surface area contributed by atoms with Gasteiger partial charge in [0.05, 0.1) is 24.1 Å². The molecule has 0 unspecified atom stereocenters. The van der Waals surface area contributed by atoms with Crippen molar-refractivity contribution in [2.45, 2.75) is 72.5 Å². The van der Waals surface area contributed by atoms with Crippen molar-refractivity contribution in [3.63, 3.8) is 0 Å². The van der Waals surface area contributed by atoms with Crippen LogP contribution in [0, 0.1) is 0 Å². The van der Waals surface area contributed by atoms with Crippen LogP contribution in [0.3, 0.4) is 0 Å². The zero-order valence-corrected chi connectivity index (χ0v) is 17.5. The molecule has 0 spiro atoms. The summed E-state index contributed by atoms with van der Waals surface area (Å²) in [4.78, 5) is 9.50. The largest absolute Gasteiger partial charge is 0.487 e. The van der Waals surface area contributed by atoms with Crippen LogP contribution in [0.5, 0.6) is 5.75 Å². The number of hydrogen-bond acceptors (Lipinski definition) is 5. The molecule has 2 aromatic heterocycles. The third kappa shape index (κ3) is 4.78. The first kappa shape index (κ1) is 21.2. The molecular formula is C22H33N3O2. The summed E-state index contributed by atoms with van der Waals surface area (Å²) in [5, 5.41) is 13.0. The maximum Gasteiger partial charge on any atom is 0.169 e. The molecule has 0 radical (unpaired) electrons. The van der Waals surface area contributed by atoms with Crippen LogP contribution < -0.4 is 10.1 Å². The van der Waals surface area contributed by atoms with E-state index in [2.05, 4.69) is 51.0 Å². The fourth-order valence-corrected chi connectivity index (χ4v) is 3.12. The van der Waals surface area contributed by atoms with E-state index in [9.17, 15) is 5.11 Å². The first-order chi connectivity index (χ1) is 13.0. The molecule has 2 rings (SSSR count). The van der Waals surface area contributed by atoms with Crippen LogP contribution in [0.15, 0.2) is 18.2 Å². The Bertz CT molecular complexity index is 755. The average molecular weight is 372 g/mol. The van der Waals surface area contributed by atoms with Crippen LogP contribution in [0.1, 0.15) is 70.3 Å². The minimum atomic E-state index is -0.110. The molecule has 2 heterocycles. The molecule has 0 saturated carbocycles. The molecule has 0 aromatic carbocycles. The van der Waals surface area contributed by atoms with Crippen molar-refractivity contribution >= 4 is 5.82 Å². The normalized spacial score (nSPS) is 11.3. The molecule has 27 heavy (non-hydrogen) atoms. The van der Waals surface area contributed by atoms with Gasteiger partial charge in [0.1, 0.15) is 0 Å². The molecule has 0 aliphatic carbocycles. The Balaban J connectivity index is 2.57. The Labute approximate surface area is 163 Å². The highest BCUT2D eigenvalue weighted by Crippen LogP contribution is 2.34. The van der Waals surface area contributed by atoms with Gasteiger partial charge in [-0.2, -0.15) is 0 Å². The van der Waals surface area contributed by atoms with E-state index in [1.165, 1.54) is 0 Å². The van der Waals surface area contributed by atoms with E-state index in [0.29, 0.717) is 17.4 Å². The van der Waals surface area contributed by atoms with Gasteiger partial charge in [-0.1, -0.05) is 34.6 Å². The maximum absolute atomic E-state index is 9.88. The predicted octanol–water partition coefficient (Wildman–Crippen LogP) is 4.93. The van der Waals surface area contributed by atoms with E-state index in [0.717, 1.165) is 47.5 Å². The maximum atomic E-state index is 9.88. The first-order valence-corrected chi connectivity index (χ1v) is 9.98. The standard InChI is InChI=1S/C22H33N3O2/c1-7-15-12-20(27-16(8-2)9-3)22(23-6)25-21(15)17-10-11-18(14(4)5)24-19(17)13-26/h10-12,14,16,26H,7-9,13H2,1-6H3,(H,23,25). The number of aliphatic hydroxyl groups is 1. The molecule has 2 N–H and O–H groups in total. The van der Waals surface area contributed by atoms with Gasteiger partial charge in [0.15, 0.2) is 11.6 Å². The van der Waals surface area contributed by atoms with E-state index in [1.807, 2.05) is 19.2 Å². The number of rotatable bonds is 9. The second-order valence-corrected chi connectivity index (χ2v) is 7.05. The number of ether oxygens (including phenoxy) is 1. The SMILES string of the molecule is CCc1cc(OC(CC)CC)c(NC)nc1-c1ccc(C(C)C)nc1CO. The van der Waals surface area contributed by atoms with Crippen LogP contribution in [-0.4, -0.2) is 28.2 Å². The summed E-state index contributed by atoms with van der Waals surface area (Å²) >= 11 is 0. The lowest BCUT2D eigenvalue weighted by Crippen LogP contribution is -2.15. The summed E-state index contributed by atoms with van der Waals surface area (Å²) in [7, 11) is 1.85. The molecule has 0 aliphatic rings. The van der Waals surface area contributed by atoms with Gasteiger partial charge in [0.2, 0.25) is 0 Å². The molecular weight excluding hydrogens is 338 g/mol. The van der Waals surface area contributed by atoms with Crippen molar-refractivity contribution in [1.82, 2.24) is 9.97 Å². The Kier molecular flexibility index (Phi) is 7.60. The summed E-state index contributed by atoms with van der Waals surface area (Å²) in [6, 6.07) is 6.12. The highest BCUT2D eigenvalue weighted by Gasteiger charge is 2.18. The predicted molar refractivity (Wildman–Crippen MR) is 111 cm³/mol. The molecule has 0 fully saturated rings. The molecule has 2 aromatic rings. The summed E-state index contributed by atoms with van der Waals surface area (Å²) in [5.74, 6) is 1.81. The van der Waals surface area contributed by atoms with E-state index in [4.69, 9.17) is 9.72 Å². The Morgan fingerprint density at radius 1 is 1.11 bits per heavy atom. The zero-order valence-electron chi connectivity index (χ0n) is 17.5. The quantitative estimate of drug-likeness (QED) is 0.654. The van der Waals surface area contributed by atoms with E-state index in [1.54, 1.807) is 0 Å². The topological polar surface area (TPSA) is 67.3 Å². The fraction of sp³-hybridized carbons (Fsp3) is 0.545. The number of aryl methyl sites for hydroxylation is 1. The summed E-state index contributed by atoms with van der Waals surface area (Å²) in [6.07, 6.45) is 2.91. The van der Waals surface area contributed by atoms with Crippen molar-refractivity contribution in [1.29, 1.82) is 0 Å². The van der Waals surface area contributed by atoms with Crippen molar-refractivity contribution in [3.05, 3.63) is 35.2 Å². The van der Waals surface area contributed by atoms with Crippen LogP contribution in [0.2, 0.25) is 0 Å². The Hall–Kier alpha value is -2.14. The van der Waals surface area contributed by atoms with E-state index < -0.39 is 0 Å². The minimum Gasteiger partial charge on any atom is -0.487 e. The molecule has 5 nitrogen and oxygen atoms in total. The van der Waals surface area contributed by atoms with E-state index >= 15 is 0 Å². The number of aromatic nitrogens is 2. The Morgan fingerprint density at radius 3 is 2.33 bits per heavy atom. The van der Waals surface area contributed by atoms with Gasteiger partial charge in [0, 0.05) is 18.3 Å². The second kappa shape index (κ2) is 9.70. The number of anilines is 1. The molecule has 148 valence electrons. The number of nitrogens with one attached hydrogen (secondary N) is 1. The highest BCUT2D eigenvalue weighted by atomic mass is 16.5. The van der Waals surface area contributed by atoms with E-state index in [-0.39, 0.29) is 12.7 Å². The summed E-state index contributed by atoms with van der Waals surface area (Å²) in [6.45, 7) is 10.5. The lowest BCUT2D eigenvalue weighted by molar-refractivity contribution is 0.193. The highest BCUT2D eigenvalue weighted by molar-refractivity contribution is 5.70. The number of hydrogen-bond donors (Lipinski definition) is 2.